The number of hydrogen-bond donors (Lipinski definition) is 4. The molecule has 14 nitrogen and oxygen atoms in total. The number of aromatic nitrogens is 2. The van der Waals surface area contributed by atoms with Gasteiger partial charge in [0, 0.05) is 13.0 Å². The molecule has 3 atom stereocenters. The van der Waals surface area contributed by atoms with Crippen LogP contribution in [0, 0.1) is 5.41 Å². The highest BCUT2D eigenvalue weighted by atomic mass is 16.7. The fourth-order valence-electron chi connectivity index (χ4n) is 5.74. The second-order valence-electron chi connectivity index (χ2n) is 9.44. The number of carbonyl (C=O) groups excluding carboxylic acids is 3. The number of barbiturate groups is 1. The van der Waals surface area contributed by atoms with Crippen molar-refractivity contribution in [3.8, 4) is 23.0 Å². The number of nitrogens with two attached hydrogens (primary N) is 1. The maximum absolute atomic E-state index is 14.3. The van der Waals surface area contributed by atoms with E-state index in [0.29, 0.717) is 34.1 Å². The van der Waals surface area contributed by atoms with Crippen LogP contribution in [0.1, 0.15) is 28.7 Å². The Labute approximate surface area is 219 Å². The molecule has 4 aliphatic rings. The summed E-state index contributed by atoms with van der Waals surface area (Å²) in [6, 6.07) is 7.80. The summed E-state index contributed by atoms with van der Waals surface area (Å²) >= 11 is 0. The summed E-state index contributed by atoms with van der Waals surface area (Å²) in [5.74, 6) is -1.32. The van der Waals surface area contributed by atoms with E-state index in [1.807, 2.05) is 0 Å². The number of imide groups is 2. The number of H-pyrrole nitrogens is 1. The number of amides is 4. The number of fused-ring (bicyclic) bond motifs is 3. The molecule has 198 valence electrons. The molecule has 39 heavy (non-hydrogen) atoms. The van der Waals surface area contributed by atoms with E-state index in [1.165, 1.54) is 7.05 Å². The number of benzene rings is 2. The molecule has 1 fully saturated rings. The first-order valence-electron chi connectivity index (χ1n) is 11.9. The molecule has 1 aromatic heterocycles. The van der Waals surface area contributed by atoms with Gasteiger partial charge >= 0.3 is 6.03 Å². The minimum absolute atomic E-state index is 0.00805. The van der Waals surface area contributed by atoms with Crippen LogP contribution in [-0.4, -0.2) is 53.3 Å². The van der Waals surface area contributed by atoms with Gasteiger partial charge in [-0.05, 0) is 35.4 Å². The van der Waals surface area contributed by atoms with Crippen LogP contribution >= 0.6 is 0 Å². The molecular formula is C25H20N6O8. The fourth-order valence-corrected chi connectivity index (χ4v) is 5.74. The van der Waals surface area contributed by atoms with Gasteiger partial charge in [0.05, 0.1) is 11.6 Å². The molecule has 1 spiro atoms. The number of nitrogens with zero attached hydrogens (tertiary/aromatic N) is 2. The topological polar surface area (TPSA) is 187 Å². The van der Waals surface area contributed by atoms with Gasteiger partial charge in [-0.3, -0.25) is 29.6 Å². The van der Waals surface area contributed by atoms with Crippen molar-refractivity contribution in [2.45, 2.75) is 12.0 Å². The molecule has 0 aliphatic carbocycles. The molecule has 0 radical (unpaired) electrons. The lowest BCUT2D eigenvalue weighted by Gasteiger charge is -2.50. The Balaban J connectivity index is 1.56. The molecule has 14 heteroatoms. The Morgan fingerprint density at radius 3 is 2.23 bits per heavy atom. The Kier molecular flexibility index (Phi) is 4.62. The van der Waals surface area contributed by atoms with E-state index >= 15 is 0 Å². The predicted octanol–water partition coefficient (Wildman–Crippen LogP) is 0.803. The lowest BCUT2D eigenvalue weighted by molar-refractivity contribution is -0.153. The number of hydrogen-bond acceptors (Lipinski definition) is 11. The number of nitrogens with one attached hydrogen (secondary N) is 3. The normalized spacial score (nSPS) is 24.4. The Bertz CT molecular complexity index is 1670. The molecule has 2 aromatic carbocycles. The number of anilines is 2. The summed E-state index contributed by atoms with van der Waals surface area (Å²) in [5.41, 5.74) is 3.97. The molecule has 1 saturated heterocycles. The van der Waals surface area contributed by atoms with E-state index in [9.17, 15) is 19.2 Å². The van der Waals surface area contributed by atoms with Crippen LogP contribution in [0.5, 0.6) is 23.0 Å². The number of nitrogen functional groups attached to an aromatic ring is 1. The zero-order valence-electron chi connectivity index (χ0n) is 20.3. The third kappa shape index (κ3) is 3.05. The molecule has 3 aromatic rings. The van der Waals surface area contributed by atoms with E-state index in [2.05, 4.69) is 20.6 Å². The SMILES string of the molecule is CN1C(=O)NC(=O)C2(C1=O)C(c1ccc3c(c1)OCO3)Nc1nc(N)[nH]c(=O)c1C2c1ccc2c(c1)OCO2. The Morgan fingerprint density at radius 2 is 1.54 bits per heavy atom. The second kappa shape index (κ2) is 7.86. The van der Waals surface area contributed by atoms with Crippen LogP contribution in [0.15, 0.2) is 41.2 Å². The summed E-state index contributed by atoms with van der Waals surface area (Å²) in [7, 11) is 1.26. The van der Waals surface area contributed by atoms with Crippen LogP contribution in [0.25, 0.3) is 0 Å². The predicted molar refractivity (Wildman–Crippen MR) is 131 cm³/mol. The average Bonchev–Trinajstić information content (AvgIpc) is 3.58. The van der Waals surface area contributed by atoms with E-state index in [1.54, 1.807) is 36.4 Å². The van der Waals surface area contributed by atoms with Gasteiger partial charge in [-0.15, -0.1) is 0 Å². The number of carbonyl (C=O) groups is 3. The number of rotatable bonds is 2. The number of aromatic amines is 1. The highest BCUT2D eigenvalue weighted by molar-refractivity contribution is 6.21. The summed E-state index contributed by atoms with van der Waals surface area (Å²) in [4.78, 5) is 62.0. The van der Waals surface area contributed by atoms with Gasteiger partial charge < -0.3 is 30.0 Å². The standard InChI is InChI=1S/C25H20N6O8/c1-31-22(34)25(21(33)30-24(31)35)17(10-2-4-12-14(6-10)38-8-36-12)16-19(28-23(26)29-20(16)32)27-18(25)11-3-5-13-15(7-11)39-9-37-13/h2-7,17-18H,8-9H2,1H3,(H,30,33,35)(H4,26,27,28,29,32). The zero-order valence-corrected chi connectivity index (χ0v) is 20.3. The van der Waals surface area contributed by atoms with Crippen molar-refractivity contribution in [1.29, 1.82) is 0 Å². The first-order valence-corrected chi connectivity index (χ1v) is 11.9. The van der Waals surface area contributed by atoms with Crippen molar-refractivity contribution >= 4 is 29.6 Å². The van der Waals surface area contributed by atoms with Crippen LogP contribution in [0.3, 0.4) is 0 Å². The minimum Gasteiger partial charge on any atom is -0.454 e. The van der Waals surface area contributed by atoms with Crippen molar-refractivity contribution in [1.82, 2.24) is 20.2 Å². The summed E-state index contributed by atoms with van der Waals surface area (Å²) in [6.45, 7) is -0.00328. The van der Waals surface area contributed by atoms with Gasteiger partial charge in [0.1, 0.15) is 5.82 Å². The number of ether oxygens (including phenoxy) is 4. The highest BCUT2D eigenvalue weighted by Gasteiger charge is 2.66. The van der Waals surface area contributed by atoms with E-state index in [-0.39, 0.29) is 30.9 Å². The van der Waals surface area contributed by atoms with Crippen LogP contribution < -0.4 is 40.9 Å². The first-order chi connectivity index (χ1) is 18.8. The summed E-state index contributed by atoms with van der Waals surface area (Å²) in [6.07, 6.45) is 0. The van der Waals surface area contributed by atoms with Crippen molar-refractivity contribution in [3.63, 3.8) is 0 Å². The van der Waals surface area contributed by atoms with E-state index in [4.69, 9.17) is 24.7 Å². The average molecular weight is 532 g/mol. The monoisotopic (exact) mass is 532 g/mol. The van der Waals surface area contributed by atoms with Gasteiger partial charge in [0.2, 0.25) is 31.3 Å². The largest absolute Gasteiger partial charge is 0.454 e. The smallest absolute Gasteiger partial charge is 0.330 e. The van der Waals surface area contributed by atoms with Crippen molar-refractivity contribution in [2.24, 2.45) is 5.41 Å². The molecule has 0 bridgehead atoms. The van der Waals surface area contributed by atoms with Crippen LogP contribution in [-0.2, 0) is 9.59 Å². The number of urea groups is 1. The molecular weight excluding hydrogens is 512 g/mol. The zero-order chi connectivity index (χ0) is 27.1. The molecule has 7 rings (SSSR count). The van der Waals surface area contributed by atoms with E-state index < -0.39 is 40.8 Å². The first kappa shape index (κ1) is 22.9. The lowest BCUT2D eigenvalue weighted by Crippen LogP contribution is -2.69. The summed E-state index contributed by atoms with van der Waals surface area (Å²) in [5, 5.41) is 5.42. The minimum atomic E-state index is -2.08. The molecule has 4 amide bonds. The third-order valence-corrected chi connectivity index (χ3v) is 7.47. The maximum Gasteiger partial charge on any atom is 0.330 e. The molecule has 4 aliphatic heterocycles. The van der Waals surface area contributed by atoms with Gasteiger partial charge in [0.25, 0.3) is 5.56 Å². The van der Waals surface area contributed by atoms with E-state index in [0.717, 1.165) is 4.90 Å². The molecule has 5 heterocycles. The third-order valence-electron chi connectivity index (χ3n) is 7.47. The molecule has 3 unspecified atom stereocenters. The summed E-state index contributed by atoms with van der Waals surface area (Å²) < 4.78 is 22.0. The lowest BCUT2D eigenvalue weighted by atomic mass is 9.59. The second-order valence-corrected chi connectivity index (χ2v) is 9.44. The maximum atomic E-state index is 14.3. The van der Waals surface area contributed by atoms with Gasteiger partial charge in [-0.2, -0.15) is 4.98 Å². The van der Waals surface area contributed by atoms with Crippen molar-refractivity contribution in [3.05, 3.63) is 63.4 Å². The fraction of sp³-hybridized carbons (Fsp3) is 0.240. The molecule has 5 N–H and O–H groups in total. The van der Waals surface area contributed by atoms with Crippen molar-refractivity contribution < 1.29 is 33.3 Å². The van der Waals surface area contributed by atoms with Crippen molar-refractivity contribution in [2.75, 3.05) is 31.7 Å². The van der Waals surface area contributed by atoms with Crippen LogP contribution in [0.2, 0.25) is 0 Å². The Hall–Kier alpha value is -5.27. The van der Waals surface area contributed by atoms with Gasteiger partial charge in [-0.25, -0.2) is 4.79 Å². The van der Waals surface area contributed by atoms with Crippen LogP contribution in [0.4, 0.5) is 16.6 Å². The molecule has 0 saturated carbocycles. The van der Waals surface area contributed by atoms with Gasteiger partial charge in [-0.1, -0.05) is 12.1 Å². The Morgan fingerprint density at radius 1 is 0.923 bits per heavy atom. The van der Waals surface area contributed by atoms with Gasteiger partial charge in [0.15, 0.2) is 28.4 Å². The quantitative estimate of drug-likeness (QED) is 0.342. The highest BCUT2D eigenvalue weighted by Crippen LogP contribution is 2.57.